The molecular formula is C15H16ClFN2O5S. The Morgan fingerprint density at radius 2 is 2.12 bits per heavy atom. The van der Waals surface area contributed by atoms with Gasteiger partial charge in [0.25, 0.3) is 5.91 Å². The quantitative estimate of drug-likeness (QED) is 0.717. The molecule has 0 bridgehead atoms. The van der Waals surface area contributed by atoms with E-state index in [2.05, 4.69) is 4.72 Å². The number of benzene rings is 1. The van der Waals surface area contributed by atoms with Crippen molar-refractivity contribution in [1.82, 2.24) is 0 Å². The number of hydrogen-bond acceptors (Lipinski definition) is 5. The number of anilines is 1. The number of allylic oxidation sites excluding steroid dienone is 1. The highest BCUT2D eigenvalue weighted by Gasteiger charge is 2.35. The zero-order chi connectivity index (χ0) is 18.6. The Kier molecular flexibility index (Phi) is 6.02. The van der Waals surface area contributed by atoms with E-state index < -0.39 is 39.6 Å². The highest BCUT2D eigenvalue weighted by Crippen LogP contribution is 2.30. The van der Waals surface area contributed by atoms with Gasteiger partial charge in [-0.15, -0.1) is 0 Å². The number of ether oxygens (including phenoxy) is 1. The molecule has 1 aromatic rings. The number of amides is 1. The lowest BCUT2D eigenvalue weighted by Gasteiger charge is -2.24. The van der Waals surface area contributed by atoms with Crippen molar-refractivity contribution in [1.29, 1.82) is 0 Å². The van der Waals surface area contributed by atoms with Gasteiger partial charge in [0.15, 0.2) is 6.61 Å². The van der Waals surface area contributed by atoms with Crippen molar-refractivity contribution in [3.63, 3.8) is 0 Å². The molecule has 0 fully saturated rings. The smallest absolute Gasteiger partial charge is 0.335 e. The normalized spacial score (nSPS) is 17.5. The number of hydrogen-bond donors (Lipinski definition) is 2. The number of esters is 1. The van der Waals surface area contributed by atoms with Crippen LogP contribution in [0.15, 0.2) is 29.8 Å². The Labute approximate surface area is 149 Å². The molecule has 1 aliphatic carbocycles. The second-order valence-electron chi connectivity index (χ2n) is 5.39. The molecule has 1 amide bonds. The number of primary amides is 1. The van der Waals surface area contributed by atoms with Crippen molar-refractivity contribution < 1.29 is 27.1 Å². The van der Waals surface area contributed by atoms with Gasteiger partial charge in [0.05, 0.1) is 16.3 Å². The molecule has 0 saturated carbocycles. The molecule has 7 nitrogen and oxygen atoms in total. The van der Waals surface area contributed by atoms with Gasteiger partial charge in [-0.3, -0.25) is 9.52 Å². The largest absolute Gasteiger partial charge is 0.452 e. The monoisotopic (exact) mass is 390 g/mol. The highest BCUT2D eigenvalue weighted by atomic mass is 35.5. The molecule has 10 heteroatoms. The van der Waals surface area contributed by atoms with Crippen LogP contribution in [0.25, 0.3) is 0 Å². The molecule has 1 aromatic carbocycles. The van der Waals surface area contributed by atoms with Crippen molar-refractivity contribution in [3.05, 3.63) is 40.7 Å². The van der Waals surface area contributed by atoms with Gasteiger partial charge in [-0.05, 0) is 37.5 Å². The fourth-order valence-electron chi connectivity index (χ4n) is 2.40. The van der Waals surface area contributed by atoms with Gasteiger partial charge in [0, 0.05) is 0 Å². The standard InChI is InChI=1S/C15H16ClFN2O5S/c16-11-7-9(17)5-6-12(11)19-25(22,23)13-4-2-1-3-10(13)15(21)24-8-14(18)20/h3,5-7,13,19H,1-2,4,8H2,(H2,18,20). The van der Waals surface area contributed by atoms with Gasteiger partial charge in [0.1, 0.15) is 11.1 Å². The minimum Gasteiger partial charge on any atom is -0.452 e. The first-order valence-corrected chi connectivity index (χ1v) is 9.25. The van der Waals surface area contributed by atoms with Crippen LogP contribution in [0.1, 0.15) is 19.3 Å². The summed E-state index contributed by atoms with van der Waals surface area (Å²) in [6.07, 6.45) is 2.70. The van der Waals surface area contributed by atoms with Crippen molar-refractivity contribution in [2.45, 2.75) is 24.5 Å². The molecule has 0 spiro atoms. The van der Waals surface area contributed by atoms with E-state index in [1.807, 2.05) is 0 Å². The van der Waals surface area contributed by atoms with E-state index in [-0.39, 0.29) is 22.7 Å². The third-order valence-corrected chi connectivity index (χ3v) is 5.58. The molecular weight excluding hydrogens is 375 g/mol. The number of carbonyl (C=O) groups is 2. The zero-order valence-corrected chi connectivity index (χ0v) is 14.6. The third kappa shape index (κ3) is 4.93. The summed E-state index contributed by atoms with van der Waals surface area (Å²) < 4.78 is 45.3. The van der Waals surface area contributed by atoms with Crippen LogP contribution < -0.4 is 10.5 Å². The van der Waals surface area contributed by atoms with Gasteiger partial charge in [-0.1, -0.05) is 17.7 Å². The lowest BCUT2D eigenvalue weighted by atomic mass is 9.99. The molecule has 1 unspecified atom stereocenters. The molecule has 0 radical (unpaired) electrons. The van der Waals surface area contributed by atoms with E-state index >= 15 is 0 Å². The number of nitrogens with one attached hydrogen (secondary N) is 1. The first-order valence-electron chi connectivity index (χ1n) is 7.33. The van der Waals surface area contributed by atoms with Gasteiger partial charge in [-0.25, -0.2) is 17.6 Å². The third-order valence-electron chi connectivity index (χ3n) is 3.52. The van der Waals surface area contributed by atoms with E-state index in [1.54, 1.807) is 0 Å². The number of halogens is 2. The number of sulfonamides is 1. The first kappa shape index (κ1) is 19.2. The van der Waals surface area contributed by atoms with E-state index in [4.69, 9.17) is 22.1 Å². The molecule has 0 aromatic heterocycles. The maximum absolute atomic E-state index is 13.1. The molecule has 0 heterocycles. The van der Waals surface area contributed by atoms with Gasteiger partial charge < -0.3 is 10.5 Å². The summed E-state index contributed by atoms with van der Waals surface area (Å²) >= 11 is 5.83. The van der Waals surface area contributed by atoms with Crippen LogP contribution in [0.3, 0.4) is 0 Å². The van der Waals surface area contributed by atoms with Crippen LogP contribution in [0.5, 0.6) is 0 Å². The number of carbonyl (C=O) groups excluding carboxylic acids is 2. The summed E-state index contributed by atoms with van der Waals surface area (Å²) in [5.74, 6) is -2.37. The average molecular weight is 391 g/mol. The van der Waals surface area contributed by atoms with Crippen molar-refractivity contribution in [2.24, 2.45) is 5.73 Å². The van der Waals surface area contributed by atoms with E-state index in [1.165, 1.54) is 12.1 Å². The van der Waals surface area contributed by atoms with Crippen LogP contribution in [-0.2, 0) is 24.3 Å². The van der Waals surface area contributed by atoms with Crippen molar-refractivity contribution >= 4 is 39.2 Å². The Morgan fingerprint density at radius 3 is 2.76 bits per heavy atom. The van der Waals surface area contributed by atoms with Gasteiger partial charge >= 0.3 is 5.97 Å². The highest BCUT2D eigenvalue weighted by molar-refractivity contribution is 7.93. The maximum Gasteiger partial charge on any atom is 0.335 e. The minimum absolute atomic E-state index is 0.00139. The zero-order valence-electron chi connectivity index (χ0n) is 13.0. The summed E-state index contributed by atoms with van der Waals surface area (Å²) in [7, 11) is -4.05. The molecule has 3 N–H and O–H groups in total. The fraction of sp³-hybridized carbons (Fsp3) is 0.333. The summed E-state index contributed by atoms with van der Waals surface area (Å²) in [6, 6.07) is 3.22. The van der Waals surface area contributed by atoms with Crippen LogP contribution in [0.4, 0.5) is 10.1 Å². The van der Waals surface area contributed by atoms with Crippen molar-refractivity contribution in [3.8, 4) is 0 Å². The van der Waals surface area contributed by atoms with E-state index in [0.29, 0.717) is 12.8 Å². The molecule has 1 atom stereocenters. The second-order valence-corrected chi connectivity index (χ2v) is 7.66. The number of rotatable bonds is 6. The Balaban J connectivity index is 2.23. The maximum atomic E-state index is 13.1. The molecule has 1 aliphatic rings. The predicted octanol–water partition coefficient (Wildman–Crippen LogP) is 1.73. The predicted molar refractivity (Wildman–Crippen MR) is 89.8 cm³/mol. The minimum atomic E-state index is -4.05. The van der Waals surface area contributed by atoms with Gasteiger partial charge in [0.2, 0.25) is 10.0 Å². The molecule has 0 aliphatic heterocycles. The van der Waals surface area contributed by atoms with Crippen LogP contribution >= 0.6 is 11.6 Å². The molecule has 136 valence electrons. The Hall–Kier alpha value is -2.13. The van der Waals surface area contributed by atoms with Crippen LogP contribution in [0.2, 0.25) is 5.02 Å². The van der Waals surface area contributed by atoms with E-state index in [9.17, 15) is 22.4 Å². The molecule has 2 rings (SSSR count). The Morgan fingerprint density at radius 1 is 1.40 bits per heavy atom. The van der Waals surface area contributed by atoms with Crippen molar-refractivity contribution in [2.75, 3.05) is 11.3 Å². The van der Waals surface area contributed by atoms with E-state index in [0.717, 1.165) is 12.1 Å². The Bertz CT molecular complexity index is 825. The molecule has 0 saturated heterocycles. The lowest BCUT2D eigenvalue weighted by Crippen LogP contribution is -2.35. The summed E-state index contributed by atoms with van der Waals surface area (Å²) in [5, 5.41) is -1.29. The second kappa shape index (κ2) is 7.83. The fourth-order valence-corrected chi connectivity index (χ4v) is 4.30. The number of nitrogens with two attached hydrogens (primary N) is 1. The van der Waals surface area contributed by atoms with Crippen LogP contribution in [0, 0.1) is 5.82 Å². The molecule has 25 heavy (non-hydrogen) atoms. The lowest BCUT2D eigenvalue weighted by molar-refractivity contribution is -0.144. The topological polar surface area (TPSA) is 116 Å². The summed E-state index contributed by atoms with van der Waals surface area (Å²) in [5.41, 5.74) is 4.84. The first-order chi connectivity index (χ1) is 11.7. The average Bonchev–Trinajstić information content (AvgIpc) is 2.55. The van der Waals surface area contributed by atoms with Gasteiger partial charge in [-0.2, -0.15) is 0 Å². The summed E-state index contributed by atoms with van der Waals surface area (Å²) in [6.45, 7) is -0.639. The van der Waals surface area contributed by atoms with Crippen LogP contribution in [-0.4, -0.2) is 32.2 Å². The summed E-state index contributed by atoms with van der Waals surface area (Å²) in [4.78, 5) is 22.8. The SMILES string of the molecule is NC(=O)COC(=O)C1=CCCCC1S(=O)(=O)Nc1ccc(F)cc1Cl.